The van der Waals surface area contributed by atoms with Crippen LogP contribution in [-0.4, -0.2) is 19.2 Å². The molecule has 108 valence electrons. The normalized spacial score (nSPS) is 11.0. The first-order valence-electron chi connectivity index (χ1n) is 7.10. The van der Waals surface area contributed by atoms with Crippen LogP contribution in [-0.2, 0) is 0 Å². The van der Waals surface area contributed by atoms with E-state index in [0.717, 1.165) is 28.3 Å². The van der Waals surface area contributed by atoms with Gasteiger partial charge in [0.05, 0.1) is 11.4 Å². The highest BCUT2D eigenvalue weighted by Gasteiger charge is 2.03. The summed E-state index contributed by atoms with van der Waals surface area (Å²) in [5.74, 6) is 0. The molecule has 0 spiro atoms. The summed E-state index contributed by atoms with van der Waals surface area (Å²) in [7, 11) is 0. The van der Waals surface area contributed by atoms with Crippen LogP contribution in [0.1, 0.15) is 5.56 Å². The number of fused-ring (bicyclic) bond motifs is 1. The molecule has 5 heteroatoms. The Balaban J connectivity index is 1.69. The highest BCUT2D eigenvalue weighted by atomic mass is 15.3. The van der Waals surface area contributed by atoms with E-state index in [2.05, 4.69) is 34.5 Å². The molecular weight excluding hydrogens is 274 g/mol. The van der Waals surface area contributed by atoms with E-state index in [1.54, 1.807) is 6.20 Å². The topological polar surface area (TPSA) is 47.2 Å². The van der Waals surface area contributed by atoms with Crippen LogP contribution in [0.3, 0.4) is 0 Å². The van der Waals surface area contributed by atoms with Gasteiger partial charge in [0.25, 0.3) is 0 Å². The summed E-state index contributed by atoms with van der Waals surface area (Å²) >= 11 is 0. The maximum absolute atomic E-state index is 4.34. The van der Waals surface area contributed by atoms with Gasteiger partial charge in [-0.3, -0.25) is 0 Å². The molecule has 0 aliphatic carbocycles. The fourth-order valence-corrected chi connectivity index (χ4v) is 2.59. The monoisotopic (exact) mass is 289 g/mol. The van der Waals surface area contributed by atoms with Crippen LogP contribution in [0.4, 0.5) is 11.4 Å². The molecular formula is C17H15N5. The molecule has 22 heavy (non-hydrogen) atoms. The van der Waals surface area contributed by atoms with Gasteiger partial charge in [0.15, 0.2) is 0 Å². The van der Waals surface area contributed by atoms with Gasteiger partial charge in [-0.2, -0.15) is 5.10 Å². The Morgan fingerprint density at radius 3 is 2.82 bits per heavy atom. The molecule has 1 aromatic carbocycles. The van der Waals surface area contributed by atoms with Gasteiger partial charge in [-0.25, -0.2) is 9.67 Å². The smallest absolute Gasteiger partial charge is 0.139 e. The van der Waals surface area contributed by atoms with Gasteiger partial charge in [0, 0.05) is 36.7 Å². The Morgan fingerprint density at radius 1 is 1.00 bits per heavy atom. The largest absolute Gasteiger partial charge is 0.354 e. The number of rotatable bonds is 3. The van der Waals surface area contributed by atoms with Gasteiger partial charge in [-0.15, -0.1) is 0 Å². The van der Waals surface area contributed by atoms with E-state index in [1.165, 1.54) is 0 Å². The van der Waals surface area contributed by atoms with Crippen molar-refractivity contribution in [3.63, 3.8) is 0 Å². The van der Waals surface area contributed by atoms with E-state index in [-0.39, 0.29) is 0 Å². The van der Waals surface area contributed by atoms with Crippen LogP contribution < -0.4 is 5.32 Å². The first-order valence-corrected chi connectivity index (χ1v) is 7.10. The zero-order valence-electron chi connectivity index (χ0n) is 12.1. The number of nitrogens with one attached hydrogen (secondary N) is 1. The fraction of sp³-hybridized carbons (Fsp3) is 0.0588. The molecule has 0 atom stereocenters. The summed E-state index contributed by atoms with van der Waals surface area (Å²) in [5, 5.41) is 7.70. The van der Waals surface area contributed by atoms with E-state index >= 15 is 0 Å². The third kappa shape index (κ3) is 2.22. The second-order valence-corrected chi connectivity index (χ2v) is 5.20. The molecule has 5 nitrogen and oxygen atoms in total. The molecule has 0 radical (unpaired) electrons. The third-order valence-corrected chi connectivity index (χ3v) is 3.58. The lowest BCUT2D eigenvalue weighted by atomic mass is 10.2. The molecule has 0 fully saturated rings. The van der Waals surface area contributed by atoms with Crippen LogP contribution in [0.2, 0.25) is 0 Å². The van der Waals surface area contributed by atoms with E-state index in [4.69, 9.17) is 0 Å². The lowest BCUT2D eigenvalue weighted by molar-refractivity contribution is 0.881. The zero-order chi connectivity index (χ0) is 14.9. The number of benzene rings is 1. The highest BCUT2D eigenvalue weighted by Crippen LogP contribution is 2.21. The van der Waals surface area contributed by atoms with Gasteiger partial charge in [-0.1, -0.05) is 6.07 Å². The molecule has 0 amide bonds. The van der Waals surface area contributed by atoms with Gasteiger partial charge >= 0.3 is 0 Å². The minimum atomic E-state index is 0.982. The Hall–Kier alpha value is -3.08. The summed E-state index contributed by atoms with van der Waals surface area (Å²) in [6.45, 7) is 2.06. The van der Waals surface area contributed by atoms with Crippen LogP contribution in [0.25, 0.3) is 11.3 Å². The number of anilines is 2. The molecule has 4 rings (SSSR count). The second kappa shape index (κ2) is 5.04. The summed E-state index contributed by atoms with van der Waals surface area (Å²) in [4.78, 5) is 4.34. The molecule has 0 aliphatic rings. The van der Waals surface area contributed by atoms with Crippen molar-refractivity contribution in [1.29, 1.82) is 0 Å². The first-order chi connectivity index (χ1) is 10.8. The second-order valence-electron chi connectivity index (χ2n) is 5.20. The minimum absolute atomic E-state index is 0.982. The summed E-state index contributed by atoms with van der Waals surface area (Å²) in [6, 6.07) is 12.2. The van der Waals surface area contributed by atoms with Gasteiger partial charge in [-0.05, 0) is 42.8 Å². The lowest BCUT2D eigenvalue weighted by Crippen LogP contribution is -1.98. The number of hydrogen-bond acceptors (Lipinski definition) is 3. The maximum atomic E-state index is 4.34. The van der Waals surface area contributed by atoms with E-state index in [0.29, 0.717) is 0 Å². The van der Waals surface area contributed by atoms with Crippen molar-refractivity contribution >= 4 is 17.0 Å². The third-order valence-electron chi connectivity index (χ3n) is 3.58. The Morgan fingerprint density at radius 2 is 1.95 bits per heavy atom. The van der Waals surface area contributed by atoms with Crippen molar-refractivity contribution in [2.75, 3.05) is 5.32 Å². The summed E-state index contributed by atoms with van der Waals surface area (Å²) in [5.41, 5.74) is 5.19. The van der Waals surface area contributed by atoms with Crippen molar-refractivity contribution < 1.29 is 0 Å². The van der Waals surface area contributed by atoms with Crippen LogP contribution in [0.15, 0.2) is 67.4 Å². The van der Waals surface area contributed by atoms with Crippen molar-refractivity contribution in [2.24, 2.45) is 0 Å². The fourth-order valence-electron chi connectivity index (χ4n) is 2.59. The van der Waals surface area contributed by atoms with Crippen LogP contribution in [0.5, 0.6) is 0 Å². The minimum Gasteiger partial charge on any atom is -0.354 e. The molecule has 0 aliphatic heterocycles. The number of aryl methyl sites for hydroxylation is 1. The molecule has 0 bridgehead atoms. The van der Waals surface area contributed by atoms with Crippen molar-refractivity contribution in [3.05, 3.63) is 72.9 Å². The van der Waals surface area contributed by atoms with Crippen molar-refractivity contribution in [3.8, 4) is 5.69 Å². The predicted octanol–water partition coefficient (Wildman–Crippen LogP) is 3.57. The van der Waals surface area contributed by atoms with E-state index < -0.39 is 0 Å². The molecule has 0 unspecified atom stereocenters. The van der Waals surface area contributed by atoms with Gasteiger partial charge < -0.3 is 9.72 Å². The molecule has 1 N–H and O–H groups in total. The molecule has 0 saturated heterocycles. The average molecular weight is 289 g/mol. The first kappa shape index (κ1) is 12.6. The lowest BCUT2D eigenvalue weighted by Gasteiger charge is -2.10. The quantitative estimate of drug-likeness (QED) is 0.627. The van der Waals surface area contributed by atoms with Gasteiger partial charge in [0.2, 0.25) is 0 Å². The molecule has 3 aromatic heterocycles. The Bertz CT molecular complexity index is 921. The molecule has 3 heterocycles. The van der Waals surface area contributed by atoms with Crippen molar-refractivity contribution in [2.45, 2.75) is 6.92 Å². The SMILES string of the molecule is Cc1cc(Nc2cccc(-n3cccn3)c2)cn2ccnc12. The van der Waals surface area contributed by atoms with Gasteiger partial charge in [0.1, 0.15) is 5.65 Å². The number of nitrogens with zero attached hydrogens (tertiary/aromatic N) is 4. The number of aromatic nitrogens is 4. The number of pyridine rings is 1. The van der Waals surface area contributed by atoms with Crippen LogP contribution >= 0.6 is 0 Å². The Labute approximate surface area is 127 Å². The van der Waals surface area contributed by atoms with Crippen LogP contribution in [0, 0.1) is 6.92 Å². The van der Waals surface area contributed by atoms with E-state index in [1.807, 2.05) is 58.1 Å². The maximum Gasteiger partial charge on any atom is 0.139 e. The Kier molecular flexibility index (Phi) is 2.89. The summed E-state index contributed by atoms with van der Waals surface area (Å²) in [6.07, 6.45) is 9.51. The zero-order valence-corrected chi connectivity index (χ0v) is 12.1. The van der Waals surface area contributed by atoms with Crippen molar-refractivity contribution in [1.82, 2.24) is 19.2 Å². The van der Waals surface area contributed by atoms with E-state index in [9.17, 15) is 0 Å². The predicted molar refractivity (Wildman–Crippen MR) is 86.8 cm³/mol. The molecule has 0 saturated carbocycles. The molecule has 4 aromatic rings. The summed E-state index contributed by atoms with van der Waals surface area (Å²) < 4.78 is 3.87. The highest BCUT2D eigenvalue weighted by molar-refractivity contribution is 5.65. The standard InChI is InChI=1S/C17H15N5/c1-13-10-15(12-21-9-7-18-17(13)21)20-14-4-2-5-16(11-14)22-8-3-6-19-22/h2-12,20H,1H3. The number of hydrogen-bond donors (Lipinski definition) is 1. The number of imidazole rings is 1. The average Bonchev–Trinajstić information content (AvgIpc) is 3.19.